The van der Waals surface area contributed by atoms with Crippen LogP contribution in [0.4, 0.5) is 0 Å². The summed E-state index contributed by atoms with van der Waals surface area (Å²) >= 11 is 5.98. The minimum Gasteiger partial charge on any atom is -0.124 e. The number of alkyl halides is 1. The average Bonchev–Trinajstić information content (AvgIpc) is 1.63. The lowest BCUT2D eigenvalue weighted by atomic mass is 10.5. The summed E-state index contributed by atoms with van der Waals surface area (Å²) < 4.78 is 0.0751. The second-order valence-corrected chi connectivity index (χ2v) is 6.92. The Morgan fingerprint density at radius 3 is 2.44 bits per heavy atom. The van der Waals surface area contributed by atoms with Gasteiger partial charge < -0.3 is 0 Å². The first-order valence-electron chi connectivity index (χ1n) is 3.40. The number of halogens is 1. The van der Waals surface area contributed by atoms with E-state index in [0.717, 1.165) is 6.42 Å². The second-order valence-electron chi connectivity index (χ2n) is 2.80. The molecule has 54 valence electrons. The molecule has 0 amide bonds. The van der Waals surface area contributed by atoms with Crippen LogP contribution in [0.5, 0.6) is 0 Å². The van der Waals surface area contributed by atoms with Crippen LogP contribution in [0.25, 0.3) is 0 Å². The fraction of sp³-hybridized carbons (Fsp3) is 0.714. The molecule has 0 nitrogen and oxygen atoms in total. The van der Waals surface area contributed by atoms with Crippen molar-refractivity contribution in [3.05, 3.63) is 11.8 Å². The molecule has 0 spiro atoms. The lowest BCUT2D eigenvalue weighted by Gasteiger charge is -2.10. The van der Waals surface area contributed by atoms with Gasteiger partial charge in [-0.25, -0.2) is 0 Å². The van der Waals surface area contributed by atoms with E-state index in [4.69, 9.17) is 11.6 Å². The fourth-order valence-corrected chi connectivity index (χ4v) is 1.86. The van der Waals surface area contributed by atoms with Crippen LogP contribution in [-0.4, -0.2) is 14.0 Å². The molecule has 0 aliphatic carbocycles. The van der Waals surface area contributed by atoms with Gasteiger partial charge in [-0.15, -0.1) is 17.3 Å². The van der Waals surface area contributed by atoms with Gasteiger partial charge in [0.05, 0.1) is 9.52 Å². The molecular formula is C7H15ClSi. The Labute approximate surface area is 65.1 Å². The topological polar surface area (TPSA) is 0 Å². The van der Waals surface area contributed by atoms with E-state index in [1.807, 2.05) is 0 Å². The lowest BCUT2D eigenvalue weighted by molar-refractivity contribution is 0.981. The van der Waals surface area contributed by atoms with E-state index in [9.17, 15) is 0 Å². The molecule has 0 saturated heterocycles. The van der Waals surface area contributed by atoms with E-state index >= 15 is 0 Å². The normalized spacial score (nSPS) is 14.2. The Balaban J connectivity index is 3.38. The summed E-state index contributed by atoms with van der Waals surface area (Å²) in [5, 5.41) is 0. The highest BCUT2D eigenvalue weighted by atomic mass is 35.5. The second kappa shape index (κ2) is 4.12. The molecule has 2 heteroatoms. The molecule has 9 heavy (non-hydrogen) atoms. The van der Waals surface area contributed by atoms with Crippen LogP contribution >= 0.6 is 11.6 Å². The summed E-state index contributed by atoms with van der Waals surface area (Å²) in [5.74, 6) is 0. The van der Waals surface area contributed by atoms with Gasteiger partial charge >= 0.3 is 0 Å². The third kappa shape index (κ3) is 8.25. The minimum absolute atomic E-state index is 0.0751. The van der Waals surface area contributed by atoms with Crippen LogP contribution in [-0.2, 0) is 0 Å². The van der Waals surface area contributed by atoms with Crippen molar-refractivity contribution in [1.29, 1.82) is 0 Å². The molecule has 0 radical (unpaired) electrons. The van der Waals surface area contributed by atoms with Crippen LogP contribution < -0.4 is 0 Å². The van der Waals surface area contributed by atoms with Crippen molar-refractivity contribution in [1.82, 2.24) is 0 Å². The molecule has 0 unspecified atom stereocenters. The molecule has 0 fully saturated rings. The van der Waals surface area contributed by atoms with Crippen molar-refractivity contribution in [2.45, 2.75) is 31.7 Å². The van der Waals surface area contributed by atoms with Crippen LogP contribution in [0.2, 0.25) is 0 Å². The van der Waals surface area contributed by atoms with E-state index in [2.05, 4.69) is 32.5 Å². The van der Waals surface area contributed by atoms with E-state index in [0.29, 0.717) is 0 Å². The molecule has 0 aliphatic heterocycles. The number of hydrogen-bond acceptors (Lipinski definition) is 0. The SMILES string of the molecule is CCC=C[SiH2]C(C)(C)Cl. The maximum absolute atomic E-state index is 5.98. The van der Waals surface area contributed by atoms with Crippen LogP contribution in [0.15, 0.2) is 11.8 Å². The smallest absolute Gasteiger partial charge is 0.0688 e. The van der Waals surface area contributed by atoms with Gasteiger partial charge in [0.15, 0.2) is 0 Å². The van der Waals surface area contributed by atoms with Gasteiger partial charge in [0, 0.05) is 4.50 Å². The maximum atomic E-state index is 5.98. The highest BCUT2D eigenvalue weighted by Gasteiger charge is 2.09. The summed E-state index contributed by atoms with van der Waals surface area (Å²) in [5.41, 5.74) is 2.27. The third-order valence-electron chi connectivity index (χ3n) is 1.01. The largest absolute Gasteiger partial charge is 0.124 e. The van der Waals surface area contributed by atoms with Crippen LogP contribution in [0, 0.1) is 0 Å². The fourth-order valence-electron chi connectivity index (χ4n) is 0.530. The zero-order valence-corrected chi connectivity index (χ0v) is 8.62. The highest BCUT2D eigenvalue weighted by Crippen LogP contribution is 2.09. The van der Waals surface area contributed by atoms with E-state index < -0.39 is 0 Å². The van der Waals surface area contributed by atoms with Gasteiger partial charge in [-0.2, -0.15) is 0 Å². The van der Waals surface area contributed by atoms with Crippen molar-refractivity contribution in [3.63, 3.8) is 0 Å². The third-order valence-corrected chi connectivity index (χ3v) is 3.01. The Hall–Kier alpha value is 0.247. The molecule has 0 atom stereocenters. The highest BCUT2D eigenvalue weighted by molar-refractivity contribution is 6.60. The van der Waals surface area contributed by atoms with Crippen molar-refractivity contribution < 1.29 is 0 Å². The molecule has 0 rings (SSSR count). The molecule has 0 aromatic rings. The first-order chi connectivity index (χ1) is 4.06. The van der Waals surface area contributed by atoms with E-state index in [1.165, 1.54) is 0 Å². The van der Waals surface area contributed by atoms with Gasteiger partial charge in [-0.1, -0.05) is 13.0 Å². The predicted molar refractivity (Wildman–Crippen MR) is 47.9 cm³/mol. The van der Waals surface area contributed by atoms with Crippen molar-refractivity contribution in [2.24, 2.45) is 0 Å². The summed E-state index contributed by atoms with van der Waals surface area (Å²) in [7, 11) is -0.176. The molecule has 0 aliphatic rings. The summed E-state index contributed by atoms with van der Waals surface area (Å²) in [6, 6.07) is 0. The first-order valence-corrected chi connectivity index (χ1v) is 5.30. The molecule has 0 heterocycles. The Kier molecular flexibility index (Phi) is 4.24. The monoisotopic (exact) mass is 162 g/mol. The van der Waals surface area contributed by atoms with Gasteiger partial charge in [0.1, 0.15) is 0 Å². The molecule has 0 N–H and O–H groups in total. The number of hydrogen-bond donors (Lipinski definition) is 0. The zero-order chi connectivity index (χ0) is 7.33. The summed E-state index contributed by atoms with van der Waals surface area (Å²) in [6.07, 6.45) is 3.34. The van der Waals surface area contributed by atoms with E-state index in [1.54, 1.807) is 0 Å². The van der Waals surface area contributed by atoms with Gasteiger partial charge in [0.25, 0.3) is 0 Å². The predicted octanol–water partition coefficient (Wildman–Crippen LogP) is 2.05. The number of allylic oxidation sites excluding steroid dienone is 1. The summed E-state index contributed by atoms with van der Waals surface area (Å²) in [4.78, 5) is 0. The first kappa shape index (κ1) is 9.25. The molecular weight excluding hydrogens is 148 g/mol. The van der Waals surface area contributed by atoms with Gasteiger partial charge in [0.2, 0.25) is 0 Å². The standard InChI is InChI=1S/C7H15ClSi/c1-4-5-6-9-7(2,3)8/h5-6H,4,9H2,1-3H3. The Bertz CT molecular complexity index is 91.6. The minimum atomic E-state index is -0.176. The van der Waals surface area contributed by atoms with Crippen molar-refractivity contribution >= 4 is 21.1 Å². The van der Waals surface area contributed by atoms with Crippen LogP contribution in [0.1, 0.15) is 27.2 Å². The van der Waals surface area contributed by atoms with Crippen molar-refractivity contribution in [3.8, 4) is 0 Å². The lowest BCUT2D eigenvalue weighted by Crippen LogP contribution is -2.18. The van der Waals surface area contributed by atoms with Gasteiger partial charge in [-0.3, -0.25) is 0 Å². The van der Waals surface area contributed by atoms with E-state index in [-0.39, 0.29) is 14.0 Å². The Morgan fingerprint density at radius 1 is 1.56 bits per heavy atom. The molecule has 0 aromatic heterocycles. The molecule has 0 aromatic carbocycles. The quantitative estimate of drug-likeness (QED) is 0.440. The zero-order valence-electron chi connectivity index (χ0n) is 6.45. The Morgan fingerprint density at radius 2 is 2.11 bits per heavy atom. The average molecular weight is 163 g/mol. The van der Waals surface area contributed by atoms with Crippen molar-refractivity contribution in [2.75, 3.05) is 0 Å². The van der Waals surface area contributed by atoms with Crippen LogP contribution in [0.3, 0.4) is 0 Å². The maximum Gasteiger partial charge on any atom is 0.0688 e. The van der Waals surface area contributed by atoms with Gasteiger partial charge in [-0.05, 0) is 20.3 Å². The molecule has 0 saturated carbocycles. The number of rotatable bonds is 3. The summed E-state index contributed by atoms with van der Waals surface area (Å²) in [6.45, 7) is 6.31. The molecule has 0 bridgehead atoms.